The van der Waals surface area contributed by atoms with Gasteiger partial charge in [0.25, 0.3) is 0 Å². The minimum Gasteiger partial charge on any atom is -0.227 e. The number of fused-ring (bicyclic) bond motifs is 1. The lowest BCUT2D eigenvalue weighted by atomic mass is 10.0. The summed E-state index contributed by atoms with van der Waals surface area (Å²) in [6.45, 7) is 5.42. The molecule has 4 aromatic rings. The van der Waals surface area contributed by atoms with Crippen LogP contribution in [0.25, 0.3) is 16.6 Å². The number of nitrogens with zero attached hydrogens (tertiary/aromatic N) is 4. The van der Waals surface area contributed by atoms with Crippen molar-refractivity contribution in [3.05, 3.63) is 82.4 Å². The number of benzene rings is 3. The summed E-state index contributed by atoms with van der Waals surface area (Å²) < 4.78 is 58.6. The zero-order chi connectivity index (χ0) is 21.6. The molecule has 0 aliphatic carbocycles. The van der Waals surface area contributed by atoms with Crippen LogP contribution in [0.2, 0.25) is 0 Å². The van der Waals surface area contributed by atoms with E-state index < -0.39 is 34.2 Å². The highest BCUT2D eigenvalue weighted by atomic mass is 19.2. The Morgan fingerprint density at radius 2 is 1.37 bits per heavy atom. The maximum absolute atomic E-state index is 14.8. The molecule has 0 aliphatic heterocycles. The van der Waals surface area contributed by atoms with Gasteiger partial charge in [-0.15, -0.1) is 15.3 Å². The number of aromatic nitrogens is 2. The van der Waals surface area contributed by atoms with E-state index in [9.17, 15) is 17.6 Å². The van der Waals surface area contributed by atoms with Gasteiger partial charge in [0.2, 0.25) is 5.82 Å². The predicted molar refractivity (Wildman–Crippen MR) is 106 cm³/mol. The molecular weight excluding hydrogens is 396 g/mol. The molecule has 0 N–H and O–H groups in total. The van der Waals surface area contributed by atoms with Crippen LogP contribution in [0, 0.1) is 44.0 Å². The van der Waals surface area contributed by atoms with Gasteiger partial charge in [-0.05, 0) is 44.0 Å². The first-order valence-corrected chi connectivity index (χ1v) is 9.09. The first kappa shape index (κ1) is 19.8. The van der Waals surface area contributed by atoms with Crippen molar-refractivity contribution in [1.82, 2.24) is 9.78 Å². The number of hydrogen-bond donors (Lipinski definition) is 0. The van der Waals surface area contributed by atoms with Crippen LogP contribution in [-0.2, 0) is 0 Å². The average molecular weight is 412 g/mol. The monoisotopic (exact) mass is 412 g/mol. The van der Waals surface area contributed by atoms with E-state index in [2.05, 4.69) is 15.3 Å². The smallest absolute Gasteiger partial charge is 0.207 e. The third-order valence-corrected chi connectivity index (χ3v) is 4.74. The fraction of sp³-hybridized carbons (Fsp3) is 0.136. The van der Waals surface area contributed by atoms with Crippen LogP contribution in [0.15, 0.2) is 52.7 Å². The lowest BCUT2D eigenvalue weighted by Gasteiger charge is -2.13. The third-order valence-electron chi connectivity index (χ3n) is 4.74. The van der Waals surface area contributed by atoms with Crippen LogP contribution in [0.4, 0.5) is 29.1 Å². The maximum Gasteiger partial charge on any atom is 0.207 e. The Morgan fingerprint density at radius 1 is 0.767 bits per heavy atom. The second kappa shape index (κ2) is 7.37. The van der Waals surface area contributed by atoms with E-state index in [0.29, 0.717) is 22.5 Å². The molecule has 3 aromatic carbocycles. The van der Waals surface area contributed by atoms with E-state index in [1.807, 2.05) is 19.1 Å². The fourth-order valence-electron chi connectivity index (χ4n) is 3.56. The van der Waals surface area contributed by atoms with Gasteiger partial charge in [0.05, 0.1) is 16.8 Å². The summed E-state index contributed by atoms with van der Waals surface area (Å²) in [4.78, 5) is 0. The SMILES string of the molecule is Cc1cc(C)c(-n2nc(N=Nc3ccccc3)c3c(F)c(F)c(F)c(F)c32)c(C)c1. The van der Waals surface area contributed by atoms with Gasteiger partial charge >= 0.3 is 0 Å². The molecular formula is C22H16F4N4. The standard InChI is InChI=1S/C22H16F4N4/c1-11-9-12(2)20(13(3)10-11)30-21-15(16(23)17(24)18(25)19(21)26)22(29-30)28-27-14-7-5-4-6-8-14/h4-10H,1-3H3. The van der Waals surface area contributed by atoms with Gasteiger partial charge in [0, 0.05) is 0 Å². The zero-order valence-corrected chi connectivity index (χ0v) is 16.3. The Morgan fingerprint density at radius 3 is 2.00 bits per heavy atom. The van der Waals surface area contributed by atoms with E-state index in [4.69, 9.17) is 0 Å². The molecule has 0 atom stereocenters. The van der Waals surface area contributed by atoms with Gasteiger partial charge in [0.15, 0.2) is 23.3 Å². The summed E-state index contributed by atoms with van der Waals surface area (Å²) in [5.41, 5.74) is 2.69. The summed E-state index contributed by atoms with van der Waals surface area (Å²) in [6, 6.07) is 12.2. The van der Waals surface area contributed by atoms with Crippen LogP contribution >= 0.6 is 0 Å². The molecule has 0 amide bonds. The van der Waals surface area contributed by atoms with Gasteiger partial charge in [-0.1, -0.05) is 35.9 Å². The van der Waals surface area contributed by atoms with Gasteiger partial charge in [-0.2, -0.15) is 0 Å². The van der Waals surface area contributed by atoms with E-state index in [-0.39, 0.29) is 5.82 Å². The highest BCUT2D eigenvalue weighted by Gasteiger charge is 2.28. The molecule has 0 bridgehead atoms. The van der Waals surface area contributed by atoms with Gasteiger partial charge < -0.3 is 0 Å². The molecule has 0 radical (unpaired) electrons. The summed E-state index contributed by atoms with van der Waals surface area (Å²) in [7, 11) is 0. The third kappa shape index (κ3) is 3.14. The van der Waals surface area contributed by atoms with Crippen LogP contribution in [0.5, 0.6) is 0 Å². The Balaban J connectivity index is 2.07. The molecule has 30 heavy (non-hydrogen) atoms. The van der Waals surface area contributed by atoms with Gasteiger partial charge in [-0.25, -0.2) is 22.2 Å². The quantitative estimate of drug-likeness (QED) is 0.156. The number of rotatable bonds is 3. The first-order valence-electron chi connectivity index (χ1n) is 9.09. The summed E-state index contributed by atoms with van der Waals surface area (Å²) >= 11 is 0. The van der Waals surface area contributed by atoms with Crippen molar-refractivity contribution in [3.8, 4) is 5.69 Å². The summed E-state index contributed by atoms with van der Waals surface area (Å²) in [5.74, 6) is -7.30. The van der Waals surface area contributed by atoms with E-state index in [1.165, 1.54) is 0 Å². The highest BCUT2D eigenvalue weighted by molar-refractivity contribution is 5.91. The molecule has 1 aromatic heterocycles. The van der Waals surface area contributed by atoms with Crippen molar-refractivity contribution in [2.75, 3.05) is 0 Å². The fourth-order valence-corrected chi connectivity index (χ4v) is 3.56. The molecule has 0 saturated heterocycles. The number of halogens is 4. The molecule has 4 rings (SSSR count). The number of aryl methyl sites for hydroxylation is 3. The normalized spacial score (nSPS) is 11.7. The second-order valence-electron chi connectivity index (χ2n) is 7.00. The van der Waals surface area contributed by atoms with Crippen molar-refractivity contribution in [3.63, 3.8) is 0 Å². The molecule has 8 heteroatoms. The first-order chi connectivity index (χ1) is 14.3. The van der Waals surface area contributed by atoms with Crippen molar-refractivity contribution in [2.45, 2.75) is 20.8 Å². The summed E-state index contributed by atoms with van der Waals surface area (Å²) in [6.07, 6.45) is 0. The van der Waals surface area contributed by atoms with E-state index in [0.717, 1.165) is 10.2 Å². The Labute approximate surface area is 169 Å². The molecule has 0 unspecified atom stereocenters. The molecule has 152 valence electrons. The van der Waals surface area contributed by atoms with E-state index in [1.54, 1.807) is 44.2 Å². The molecule has 0 fully saturated rings. The number of azo groups is 1. The van der Waals surface area contributed by atoms with Crippen molar-refractivity contribution in [1.29, 1.82) is 0 Å². The van der Waals surface area contributed by atoms with Crippen molar-refractivity contribution in [2.24, 2.45) is 10.2 Å². The van der Waals surface area contributed by atoms with Gasteiger partial charge in [0.1, 0.15) is 5.52 Å². The topological polar surface area (TPSA) is 42.5 Å². The minimum absolute atomic E-state index is 0.358. The molecule has 0 aliphatic rings. The molecule has 0 spiro atoms. The van der Waals surface area contributed by atoms with Crippen molar-refractivity contribution < 1.29 is 17.6 Å². The lowest BCUT2D eigenvalue weighted by molar-refractivity contribution is 0.417. The van der Waals surface area contributed by atoms with Gasteiger partial charge in [-0.3, -0.25) is 0 Å². The lowest BCUT2D eigenvalue weighted by Crippen LogP contribution is -2.06. The maximum atomic E-state index is 14.8. The molecule has 1 heterocycles. The van der Waals surface area contributed by atoms with Crippen LogP contribution < -0.4 is 0 Å². The summed E-state index contributed by atoms with van der Waals surface area (Å²) in [5, 5.41) is 11.5. The molecule has 4 nitrogen and oxygen atoms in total. The Hall–Kier alpha value is -3.55. The van der Waals surface area contributed by atoms with E-state index >= 15 is 0 Å². The Kier molecular flexibility index (Phi) is 4.85. The van der Waals surface area contributed by atoms with Crippen molar-refractivity contribution >= 4 is 22.4 Å². The highest BCUT2D eigenvalue weighted by Crippen LogP contribution is 2.37. The second-order valence-corrected chi connectivity index (χ2v) is 7.00. The zero-order valence-electron chi connectivity index (χ0n) is 16.3. The predicted octanol–water partition coefficient (Wildman–Crippen LogP) is 6.92. The van der Waals surface area contributed by atoms with Crippen LogP contribution in [0.1, 0.15) is 16.7 Å². The Bertz CT molecular complexity index is 1290. The van der Waals surface area contributed by atoms with Crippen LogP contribution in [0.3, 0.4) is 0 Å². The molecule has 0 saturated carbocycles. The minimum atomic E-state index is -1.92. The average Bonchev–Trinajstić information content (AvgIpc) is 3.08. The van der Waals surface area contributed by atoms with Crippen LogP contribution in [-0.4, -0.2) is 9.78 Å². The number of hydrogen-bond acceptors (Lipinski definition) is 3. The largest absolute Gasteiger partial charge is 0.227 e.